The fourth-order valence-electron chi connectivity index (χ4n) is 3.47. The number of carbonyl (C=O) groups excluding carboxylic acids is 2. The first-order chi connectivity index (χ1) is 11.4. The second-order valence-electron chi connectivity index (χ2n) is 6.62. The second-order valence-corrected chi connectivity index (χ2v) is 6.62. The van der Waals surface area contributed by atoms with Crippen molar-refractivity contribution in [2.75, 3.05) is 5.32 Å². The minimum atomic E-state index is -0.762. The van der Waals surface area contributed by atoms with Crippen molar-refractivity contribution in [1.29, 1.82) is 0 Å². The summed E-state index contributed by atoms with van der Waals surface area (Å²) in [4.78, 5) is 23.1. The first-order valence-electron chi connectivity index (χ1n) is 8.23. The van der Waals surface area contributed by atoms with Crippen molar-refractivity contribution >= 4 is 29.0 Å². The van der Waals surface area contributed by atoms with Crippen molar-refractivity contribution in [3.05, 3.63) is 30.0 Å². The van der Waals surface area contributed by atoms with Crippen molar-refractivity contribution < 1.29 is 14.3 Å². The number of hydrogen-bond acceptors (Lipinski definition) is 4. The predicted octanol–water partition coefficient (Wildman–Crippen LogP) is 2.62. The fourth-order valence-corrected chi connectivity index (χ4v) is 3.47. The van der Waals surface area contributed by atoms with Crippen LogP contribution in [0.5, 0.6) is 0 Å². The topological polar surface area (TPSA) is 86.3 Å². The van der Waals surface area contributed by atoms with Gasteiger partial charge in [0.2, 0.25) is 5.91 Å². The van der Waals surface area contributed by atoms with Gasteiger partial charge in [-0.15, -0.1) is 0 Å². The third kappa shape index (κ3) is 2.89. The molecule has 0 aliphatic heterocycles. The lowest BCUT2D eigenvalue weighted by atomic mass is 9.98. The van der Waals surface area contributed by atoms with Crippen LogP contribution in [0.3, 0.4) is 0 Å². The van der Waals surface area contributed by atoms with E-state index in [1.165, 1.54) is 0 Å². The summed E-state index contributed by atoms with van der Waals surface area (Å²) < 4.78 is 7.04. The van der Waals surface area contributed by atoms with Crippen molar-refractivity contribution in [3.8, 4) is 0 Å². The zero-order valence-corrected chi connectivity index (χ0v) is 14.0. The van der Waals surface area contributed by atoms with Crippen LogP contribution in [0.1, 0.15) is 44.3 Å². The van der Waals surface area contributed by atoms with Crippen molar-refractivity contribution in [3.63, 3.8) is 0 Å². The Kier molecular flexibility index (Phi) is 4.32. The molecular weight excluding hydrogens is 306 g/mol. The fraction of sp³-hybridized carbons (Fsp3) is 0.444. The summed E-state index contributed by atoms with van der Waals surface area (Å²) in [5.74, 6) is -0.131. The Labute approximate surface area is 141 Å². The molecule has 0 spiro atoms. The molecule has 6 heteroatoms. The number of amides is 1. The molecule has 128 valence electrons. The molecule has 1 atom stereocenters. The third-order valence-electron chi connectivity index (χ3n) is 4.92. The van der Waals surface area contributed by atoms with Crippen LogP contribution in [-0.4, -0.2) is 22.5 Å². The van der Waals surface area contributed by atoms with Crippen LogP contribution in [0, 0.1) is 0 Å². The quantitative estimate of drug-likeness (QED) is 0.826. The molecule has 0 radical (unpaired) electrons. The zero-order valence-electron chi connectivity index (χ0n) is 14.0. The van der Waals surface area contributed by atoms with Crippen LogP contribution in [0.15, 0.2) is 24.4 Å². The minimum absolute atomic E-state index is 0.131. The summed E-state index contributed by atoms with van der Waals surface area (Å²) in [6.07, 6.45) is 5.02. The minimum Gasteiger partial charge on any atom is -0.460 e. The molecule has 1 saturated carbocycles. The number of carbonyl (C=O) groups is 2. The third-order valence-corrected chi connectivity index (χ3v) is 4.92. The summed E-state index contributed by atoms with van der Waals surface area (Å²) in [6, 6.07) is 5.72. The molecule has 1 fully saturated rings. The molecule has 3 rings (SSSR count). The van der Waals surface area contributed by atoms with Gasteiger partial charge >= 0.3 is 0 Å². The maximum atomic E-state index is 12.5. The number of aromatic nitrogens is 1. The molecule has 24 heavy (non-hydrogen) atoms. The molecule has 0 bridgehead atoms. The molecule has 0 saturated heterocycles. The Morgan fingerprint density at radius 3 is 2.79 bits per heavy atom. The van der Waals surface area contributed by atoms with E-state index in [9.17, 15) is 9.59 Å². The second kappa shape index (κ2) is 6.28. The monoisotopic (exact) mass is 329 g/mol. The molecule has 2 aromatic rings. The number of fused-ring (bicyclic) bond motifs is 1. The summed E-state index contributed by atoms with van der Waals surface area (Å²) >= 11 is 0. The van der Waals surface area contributed by atoms with Gasteiger partial charge in [0, 0.05) is 35.4 Å². The van der Waals surface area contributed by atoms with Gasteiger partial charge in [-0.3, -0.25) is 9.59 Å². The number of aryl methyl sites for hydroxylation is 1. The van der Waals surface area contributed by atoms with Crippen molar-refractivity contribution in [2.45, 2.75) is 44.2 Å². The van der Waals surface area contributed by atoms with Gasteiger partial charge in [-0.25, -0.2) is 0 Å². The van der Waals surface area contributed by atoms with Crippen LogP contribution in [-0.2, 0) is 21.4 Å². The van der Waals surface area contributed by atoms with E-state index >= 15 is 0 Å². The van der Waals surface area contributed by atoms with Crippen LogP contribution in [0.25, 0.3) is 10.9 Å². The molecule has 1 unspecified atom stereocenters. The van der Waals surface area contributed by atoms with E-state index in [4.69, 9.17) is 10.5 Å². The van der Waals surface area contributed by atoms with E-state index < -0.39 is 5.54 Å². The van der Waals surface area contributed by atoms with Crippen LogP contribution in [0.2, 0.25) is 0 Å². The average Bonchev–Trinajstić information content (AvgIpc) is 3.13. The Balaban J connectivity index is 1.91. The van der Waals surface area contributed by atoms with Gasteiger partial charge in [0.1, 0.15) is 6.10 Å². The average molecular weight is 329 g/mol. The van der Waals surface area contributed by atoms with Crippen LogP contribution >= 0.6 is 0 Å². The smallest absolute Gasteiger partial charge is 0.293 e. The highest BCUT2D eigenvalue weighted by Gasteiger charge is 2.37. The number of ether oxygens (including phenoxy) is 1. The summed E-state index contributed by atoms with van der Waals surface area (Å²) in [5.41, 5.74) is 8.06. The Bertz CT molecular complexity index is 775. The number of nitrogens with one attached hydrogen (secondary N) is 1. The largest absolute Gasteiger partial charge is 0.460 e. The molecule has 1 heterocycles. The van der Waals surface area contributed by atoms with Crippen LogP contribution < -0.4 is 11.1 Å². The van der Waals surface area contributed by atoms with E-state index in [1.54, 1.807) is 0 Å². The lowest BCUT2D eigenvalue weighted by Crippen LogP contribution is -2.48. The lowest BCUT2D eigenvalue weighted by molar-refractivity contribution is -0.133. The van der Waals surface area contributed by atoms with E-state index in [2.05, 4.69) is 5.32 Å². The van der Waals surface area contributed by atoms with Gasteiger partial charge in [-0.2, -0.15) is 0 Å². The molecule has 1 aliphatic rings. The summed E-state index contributed by atoms with van der Waals surface area (Å²) in [7, 11) is 1.94. The molecule has 1 aromatic heterocycles. The first kappa shape index (κ1) is 16.5. The molecule has 1 aromatic carbocycles. The molecule has 1 amide bonds. The van der Waals surface area contributed by atoms with Gasteiger partial charge in [0.05, 0.1) is 5.54 Å². The summed E-state index contributed by atoms with van der Waals surface area (Å²) in [5, 5.41) is 3.89. The molecular formula is C18H23N3O3. The number of hydrogen-bond donors (Lipinski definition) is 2. The standard InChI is InChI=1S/C18H23N3O3/c1-12(24-11-22)15-10-21(2)16-6-5-13(9-14(15)16)20-17(23)18(19)7-3-4-8-18/h5-6,9-12H,3-4,7-8,19H2,1-2H3,(H,20,23). The maximum Gasteiger partial charge on any atom is 0.293 e. The SMILES string of the molecule is CC(OC=O)c1cn(C)c2ccc(NC(=O)C3(N)CCCC3)cc12. The number of anilines is 1. The van der Waals surface area contributed by atoms with Gasteiger partial charge in [-0.1, -0.05) is 12.8 Å². The molecule has 1 aliphatic carbocycles. The summed E-state index contributed by atoms with van der Waals surface area (Å²) in [6.45, 7) is 2.27. The lowest BCUT2D eigenvalue weighted by Gasteiger charge is -2.22. The van der Waals surface area contributed by atoms with Crippen LogP contribution in [0.4, 0.5) is 5.69 Å². The molecule has 6 nitrogen and oxygen atoms in total. The van der Waals surface area contributed by atoms with Crippen molar-refractivity contribution in [1.82, 2.24) is 4.57 Å². The Hall–Kier alpha value is -2.34. The van der Waals surface area contributed by atoms with Gasteiger partial charge in [-0.05, 0) is 38.0 Å². The highest BCUT2D eigenvalue weighted by molar-refractivity contribution is 6.00. The van der Waals surface area contributed by atoms with E-state index in [0.29, 0.717) is 12.2 Å². The van der Waals surface area contributed by atoms with Gasteiger partial charge < -0.3 is 20.4 Å². The van der Waals surface area contributed by atoms with E-state index in [0.717, 1.165) is 42.1 Å². The number of benzene rings is 1. The van der Waals surface area contributed by atoms with Gasteiger partial charge in [0.15, 0.2) is 0 Å². The maximum absolute atomic E-state index is 12.5. The number of nitrogens with zero attached hydrogens (tertiary/aromatic N) is 1. The molecule has 3 N–H and O–H groups in total. The Morgan fingerprint density at radius 2 is 2.12 bits per heavy atom. The van der Waals surface area contributed by atoms with E-state index in [-0.39, 0.29) is 12.0 Å². The van der Waals surface area contributed by atoms with Crippen molar-refractivity contribution in [2.24, 2.45) is 12.8 Å². The highest BCUT2D eigenvalue weighted by Crippen LogP contribution is 2.32. The zero-order chi connectivity index (χ0) is 17.3. The normalized spacial score (nSPS) is 17.6. The highest BCUT2D eigenvalue weighted by atomic mass is 16.5. The predicted molar refractivity (Wildman–Crippen MR) is 92.5 cm³/mol. The first-order valence-corrected chi connectivity index (χ1v) is 8.23. The Morgan fingerprint density at radius 1 is 1.42 bits per heavy atom. The van der Waals surface area contributed by atoms with Gasteiger partial charge in [0.25, 0.3) is 6.47 Å². The number of rotatable bonds is 5. The number of nitrogens with two attached hydrogens (primary N) is 1. The van der Waals surface area contributed by atoms with E-state index in [1.807, 2.05) is 42.9 Å².